The lowest BCUT2D eigenvalue weighted by Crippen LogP contribution is -2.34. The third kappa shape index (κ3) is 4.48. The van der Waals surface area contributed by atoms with E-state index in [0.29, 0.717) is 23.7 Å². The Morgan fingerprint density at radius 2 is 1.90 bits per heavy atom. The van der Waals surface area contributed by atoms with E-state index >= 15 is 0 Å². The Hall–Kier alpha value is -2.04. The summed E-state index contributed by atoms with van der Waals surface area (Å²) in [6.07, 6.45) is 6.16. The van der Waals surface area contributed by atoms with E-state index in [0.717, 1.165) is 0 Å². The molecule has 0 aliphatic heterocycles. The molecule has 2 N–H and O–H groups in total. The largest absolute Gasteiger partial charge is 0.465 e. The van der Waals surface area contributed by atoms with E-state index < -0.39 is 5.97 Å². The van der Waals surface area contributed by atoms with Crippen molar-refractivity contribution in [3.8, 4) is 0 Å². The number of urea groups is 1. The Morgan fingerprint density at radius 3 is 2.62 bits per heavy atom. The van der Waals surface area contributed by atoms with Crippen LogP contribution in [0.2, 0.25) is 0 Å². The molecule has 1 aromatic rings. The Balaban J connectivity index is 1.88. The van der Waals surface area contributed by atoms with Crippen LogP contribution in [0, 0.1) is 5.92 Å². The molecule has 0 aromatic heterocycles. The van der Waals surface area contributed by atoms with Gasteiger partial charge < -0.3 is 15.4 Å². The minimum atomic E-state index is -0.460. The van der Waals surface area contributed by atoms with Crippen LogP contribution in [0.25, 0.3) is 0 Å². The molecule has 1 saturated carbocycles. The highest BCUT2D eigenvalue weighted by molar-refractivity contribution is 6.00. The number of ether oxygens (including phenoxy) is 1. The van der Waals surface area contributed by atoms with Gasteiger partial charge in [-0.1, -0.05) is 31.4 Å². The minimum Gasteiger partial charge on any atom is -0.465 e. The van der Waals surface area contributed by atoms with Crippen LogP contribution in [0.4, 0.5) is 10.5 Å². The summed E-state index contributed by atoms with van der Waals surface area (Å²) in [4.78, 5) is 23.6. The first-order valence-electron chi connectivity index (χ1n) is 7.43. The summed E-state index contributed by atoms with van der Waals surface area (Å²) in [5.41, 5.74) is 0.818. The lowest BCUT2D eigenvalue weighted by Gasteiger charge is -2.21. The van der Waals surface area contributed by atoms with Crippen molar-refractivity contribution in [2.24, 2.45) is 5.92 Å². The van der Waals surface area contributed by atoms with Crippen molar-refractivity contribution >= 4 is 17.7 Å². The number of carbonyl (C=O) groups is 2. The first-order chi connectivity index (χ1) is 10.2. The number of rotatable bonds is 4. The molecule has 5 heteroatoms. The van der Waals surface area contributed by atoms with Gasteiger partial charge >= 0.3 is 12.0 Å². The van der Waals surface area contributed by atoms with Gasteiger partial charge in [-0.15, -0.1) is 0 Å². The van der Waals surface area contributed by atoms with E-state index in [4.69, 9.17) is 4.74 Å². The van der Waals surface area contributed by atoms with Crippen molar-refractivity contribution in [2.45, 2.75) is 32.1 Å². The predicted octanol–water partition coefficient (Wildman–Crippen LogP) is 3.18. The second-order valence-electron chi connectivity index (χ2n) is 5.38. The van der Waals surface area contributed by atoms with Crippen LogP contribution in [-0.2, 0) is 4.74 Å². The number of hydrogen-bond donors (Lipinski definition) is 2. The van der Waals surface area contributed by atoms with Gasteiger partial charge in [-0.25, -0.2) is 9.59 Å². The van der Waals surface area contributed by atoms with E-state index in [1.807, 2.05) is 0 Å². The normalized spacial score (nSPS) is 15.3. The molecule has 0 spiro atoms. The van der Waals surface area contributed by atoms with Gasteiger partial charge in [-0.2, -0.15) is 0 Å². The van der Waals surface area contributed by atoms with Gasteiger partial charge in [-0.05, 0) is 30.9 Å². The molecule has 0 heterocycles. The van der Waals surface area contributed by atoms with Crippen molar-refractivity contribution in [1.29, 1.82) is 0 Å². The molecule has 1 fully saturated rings. The Bertz CT molecular complexity index is 496. The third-order valence-electron chi connectivity index (χ3n) is 3.86. The quantitative estimate of drug-likeness (QED) is 0.837. The predicted molar refractivity (Wildman–Crippen MR) is 81.4 cm³/mol. The summed E-state index contributed by atoms with van der Waals surface area (Å²) in [6.45, 7) is 0.687. The van der Waals surface area contributed by atoms with Gasteiger partial charge in [0.25, 0.3) is 0 Å². The SMILES string of the molecule is COC(=O)c1ccccc1NC(=O)NCC1CCCCC1. The van der Waals surface area contributed by atoms with Crippen LogP contribution in [0.5, 0.6) is 0 Å². The molecule has 2 rings (SSSR count). The maximum absolute atomic E-state index is 11.9. The van der Waals surface area contributed by atoms with E-state index in [1.54, 1.807) is 24.3 Å². The maximum Gasteiger partial charge on any atom is 0.339 e. The summed E-state index contributed by atoms with van der Waals surface area (Å²) in [6, 6.07) is 6.53. The number of benzene rings is 1. The molecule has 1 aliphatic rings. The van der Waals surface area contributed by atoms with E-state index in [1.165, 1.54) is 39.2 Å². The summed E-state index contributed by atoms with van der Waals surface area (Å²) in [5, 5.41) is 5.60. The van der Waals surface area contributed by atoms with Crippen molar-refractivity contribution in [3.63, 3.8) is 0 Å². The summed E-state index contributed by atoms with van der Waals surface area (Å²) in [5.74, 6) is 0.110. The topological polar surface area (TPSA) is 67.4 Å². The highest BCUT2D eigenvalue weighted by atomic mass is 16.5. The van der Waals surface area contributed by atoms with Crippen LogP contribution < -0.4 is 10.6 Å². The zero-order valence-corrected chi connectivity index (χ0v) is 12.4. The number of nitrogens with one attached hydrogen (secondary N) is 2. The zero-order chi connectivity index (χ0) is 15.1. The summed E-state index contributed by atoms with van der Waals surface area (Å²) < 4.78 is 4.70. The molecule has 1 aliphatic carbocycles. The highest BCUT2D eigenvalue weighted by Crippen LogP contribution is 2.22. The Kier molecular flexibility index (Phi) is 5.60. The number of hydrogen-bond acceptors (Lipinski definition) is 3. The molecule has 0 bridgehead atoms. The van der Waals surface area contributed by atoms with Crippen LogP contribution in [0.15, 0.2) is 24.3 Å². The van der Waals surface area contributed by atoms with Crippen LogP contribution >= 0.6 is 0 Å². The summed E-state index contributed by atoms with van der Waals surface area (Å²) in [7, 11) is 1.32. The number of anilines is 1. The standard InChI is InChI=1S/C16H22N2O3/c1-21-15(19)13-9-5-6-10-14(13)18-16(20)17-11-12-7-3-2-4-8-12/h5-6,9-10,12H,2-4,7-8,11H2,1H3,(H2,17,18,20). The van der Waals surface area contributed by atoms with E-state index in [2.05, 4.69) is 10.6 Å². The number of carbonyl (C=O) groups excluding carboxylic acids is 2. The smallest absolute Gasteiger partial charge is 0.339 e. The van der Waals surface area contributed by atoms with Crippen molar-refractivity contribution < 1.29 is 14.3 Å². The van der Waals surface area contributed by atoms with Gasteiger partial charge in [0, 0.05) is 6.54 Å². The Labute approximate surface area is 125 Å². The maximum atomic E-state index is 11.9. The second kappa shape index (κ2) is 7.67. The van der Waals surface area contributed by atoms with E-state index in [-0.39, 0.29) is 6.03 Å². The fourth-order valence-electron chi connectivity index (χ4n) is 2.67. The second-order valence-corrected chi connectivity index (χ2v) is 5.38. The number of para-hydroxylation sites is 1. The lowest BCUT2D eigenvalue weighted by molar-refractivity contribution is 0.0602. The van der Waals surface area contributed by atoms with Crippen LogP contribution in [0.3, 0.4) is 0 Å². The molecule has 0 unspecified atom stereocenters. The molecule has 1 aromatic carbocycles. The van der Waals surface area contributed by atoms with Crippen molar-refractivity contribution in [2.75, 3.05) is 19.0 Å². The average Bonchev–Trinajstić information content (AvgIpc) is 2.54. The van der Waals surface area contributed by atoms with E-state index in [9.17, 15) is 9.59 Å². The van der Waals surface area contributed by atoms with Crippen molar-refractivity contribution in [3.05, 3.63) is 29.8 Å². The fourth-order valence-corrected chi connectivity index (χ4v) is 2.67. The number of amides is 2. The molecular formula is C16H22N2O3. The van der Waals surface area contributed by atoms with Crippen LogP contribution in [-0.4, -0.2) is 25.7 Å². The molecular weight excluding hydrogens is 268 g/mol. The van der Waals surface area contributed by atoms with Gasteiger partial charge in [0.05, 0.1) is 18.4 Å². The molecule has 114 valence electrons. The molecule has 0 saturated heterocycles. The number of methoxy groups -OCH3 is 1. The van der Waals surface area contributed by atoms with Gasteiger partial charge in [0.1, 0.15) is 0 Å². The first kappa shape index (κ1) is 15.4. The zero-order valence-electron chi connectivity index (χ0n) is 12.4. The Morgan fingerprint density at radius 1 is 1.19 bits per heavy atom. The van der Waals surface area contributed by atoms with Gasteiger partial charge in [-0.3, -0.25) is 0 Å². The monoisotopic (exact) mass is 290 g/mol. The lowest BCUT2D eigenvalue weighted by atomic mass is 9.89. The minimum absolute atomic E-state index is 0.281. The average molecular weight is 290 g/mol. The summed E-state index contributed by atoms with van der Waals surface area (Å²) >= 11 is 0. The van der Waals surface area contributed by atoms with Crippen LogP contribution in [0.1, 0.15) is 42.5 Å². The van der Waals surface area contributed by atoms with Crippen molar-refractivity contribution in [1.82, 2.24) is 5.32 Å². The fraction of sp³-hybridized carbons (Fsp3) is 0.500. The molecule has 0 atom stereocenters. The first-order valence-corrected chi connectivity index (χ1v) is 7.43. The third-order valence-corrected chi connectivity index (χ3v) is 3.86. The molecule has 0 radical (unpaired) electrons. The highest BCUT2D eigenvalue weighted by Gasteiger charge is 2.16. The van der Waals surface area contributed by atoms with Gasteiger partial charge in [0.15, 0.2) is 0 Å². The molecule has 2 amide bonds. The molecule has 5 nitrogen and oxygen atoms in total. The van der Waals surface area contributed by atoms with Gasteiger partial charge in [0.2, 0.25) is 0 Å². The number of esters is 1. The molecule has 21 heavy (non-hydrogen) atoms.